The van der Waals surface area contributed by atoms with Gasteiger partial charge in [-0.2, -0.15) is 0 Å². The first-order valence-corrected chi connectivity index (χ1v) is 10.3. The Kier molecular flexibility index (Phi) is 11.3. The number of Topliss-reactive ketones (excluding diaryl/α,β-unsaturated/α-hetero) is 1. The van der Waals surface area contributed by atoms with E-state index in [0.717, 1.165) is 12.8 Å². The molecule has 25 heavy (non-hydrogen) atoms. The number of hydrogen-bond acceptors (Lipinski definition) is 3. The van der Waals surface area contributed by atoms with Crippen molar-refractivity contribution in [3.8, 4) is 0 Å². The Labute approximate surface area is 153 Å². The number of likely N-dealkylation sites (N-methyl/N-ethyl adjacent to an activating group) is 1. The molecule has 1 N–H and O–H groups in total. The lowest BCUT2D eigenvalue weighted by molar-refractivity contribution is -0.123. The Morgan fingerprint density at radius 3 is 1.68 bits per heavy atom. The van der Waals surface area contributed by atoms with Crippen LogP contribution in [0.4, 0.5) is 0 Å². The van der Waals surface area contributed by atoms with E-state index in [1.165, 1.54) is 75.5 Å². The summed E-state index contributed by atoms with van der Waals surface area (Å²) < 4.78 is 0. The summed E-state index contributed by atoms with van der Waals surface area (Å²) in [5.74, 6) is -0.598. The lowest BCUT2D eigenvalue weighted by Crippen LogP contribution is -2.19. The van der Waals surface area contributed by atoms with Gasteiger partial charge in [0.2, 0.25) is 0 Å². The number of rotatable bonds is 14. The van der Waals surface area contributed by atoms with Crippen molar-refractivity contribution in [2.24, 2.45) is 0 Å². The smallest absolute Gasteiger partial charge is 0.261 e. The first-order chi connectivity index (χ1) is 12.1. The number of allylic oxidation sites excluding steroid dienone is 1. The lowest BCUT2D eigenvalue weighted by atomic mass is 10.0. The van der Waals surface area contributed by atoms with Gasteiger partial charge in [-0.15, -0.1) is 0 Å². The molecule has 4 nitrogen and oxygen atoms in total. The van der Waals surface area contributed by atoms with Crippen LogP contribution in [0.15, 0.2) is 11.3 Å². The van der Waals surface area contributed by atoms with Gasteiger partial charge in [-0.3, -0.25) is 9.59 Å². The third-order valence-electron chi connectivity index (χ3n) is 5.03. The number of hydrogen-bond donors (Lipinski definition) is 1. The van der Waals surface area contributed by atoms with Crippen molar-refractivity contribution in [3.63, 3.8) is 0 Å². The summed E-state index contributed by atoms with van der Waals surface area (Å²) in [4.78, 5) is 24.8. The number of aliphatic hydroxyl groups is 1. The van der Waals surface area contributed by atoms with Gasteiger partial charge in [0.05, 0.1) is 6.54 Å². The van der Waals surface area contributed by atoms with Crippen LogP contribution in [0.25, 0.3) is 0 Å². The van der Waals surface area contributed by atoms with Crippen molar-refractivity contribution in [1.29, 1.82) is 0 Å². The number of likely N-dealkylation sites (tertiary alicyclic amines) is 1. The van der Waals surface area contributed by atoms with Crippen molar-refractivity contribution in [1.82, 2.24) is 4.90 Å². The summed E-state index contributed by atoms with van der Waals surface area (Å²) in [6.45, 7) is 2.35. The van der Waals surface area contributed by atoms with E-state index in [4.69, 9.17) is 0 Å². The zero-order valence-corrected chi connectivity index (χ0v) is 16.3. The SMILES string of the molecule is CCCCCCCCCCCCCCCC(O)=C1C(=O)CN(C)C1=O. The molecule has 0 aromatic heterocycles. The maximum absolute atomic E-state index is 11.8. The fraction of sp³-hybridized carbons (Fsp3) is 0.810. The molecular weight excluding hydrogens is 314 g/mol. The number of carbonyl (C=O) groups is 2. The normalized spacial score (nSPS) is 16.8. The van der Waals surface area contributed by atoms with Gasteiger partial charge in [-0.25, -0.2) is 0 Å². The van der Waals surface area contributed by atoms with Gasteiger partial charge in [0.1, 0.15) is 11.3 Å². The monoisotopic (exact) mass is 351 g/mol. The van der Waals surface area contributed by atoms with Crippen LogP contribution in [-0.2, 0) is 9.59 Å². The molecule has 0 spiro atoms. The lowest BCUT2D eigenvalue weighted by Gasteiger charge is -2.05. The summed E-state index contributed by atoms with van der Waals surface area (Å²) in [5, 5.41) is 10.00. The average Bonchev–Trinajstić information content (AvgIpc) is 2.84. The van der Waals surface area contributed by atoms with Crippen molar-refractivity contribution in [2.75, 3.05) is 13.6 Å². The van der Waals surface area contributed by atoms with E-state index < -0.39 is 0 Å². The number of ketones is 1. The largest absolute Gasteiger partial charge is 0.511 e. The number of amides is 1. The molecule has 0 atom stereocenters. The topological polar surface area (TPSA) is 57.6 Å². The Morgan fingerprint density at radius 2 is 1.28 bits per heavy atom. The van der Waals surface area contributed by atoms with E-state index in [-0.39, 0.29) is 29.6 Å². The predicted octanol–water partition coefficient (Wildman–Crippen LogP) is 5.32. The maximum atomic E-state index is 11.8. The fourth-order valence-electron chi connectivity index (χ4n) is 3.40. The molecule has 1 rings (SSSR count). The molecule has 0 aromatic carbocycles. The second kappa shape index (κ2) is 13.0. The highest BCUT2D eigenvalue weighted by Crippen LogP contribution is 2.20. The average molecular weight is 352 g/mol. The maximum Gasteiger partial charge on any atom is 0.261 e. The third kappa shape index (κ3) is 8.55. The third-order valence-corrected chi connectivity index (χ3v) is 5.03. The molecule has 1 fully saturated rings. The van der Waals surface area contributed by atoms with E-state index in [9.17, 15) is 14.7 Å². The summed E-state index contributed by atoms with van der Waals surface area (Å²) >= 11 is 0. The molecule has 0 aliphatic carbocycles. The summed E-state index contributed by atoms with van der Waals surface area (Å²) in [6.07, 6.45) is 17.0. The van der Waals surface area contributed by atoms with E-state index in [0.29, 0.717) is 6.42 Å². The molecule has 0 aromatic rings. The number of carbonyl (C=O) groups excluding carboxylic acids is 2. The number of nitrogens with zero attached hydrogens (tertiary/aromatic N) is 1. The van der Waals surface area contributed by atoms with E-state index >= 15 is 0 Å². The molecule has 4 heteroatoms. The van der Waals surface area contributed by atoms with Crippen LogP contribution >= 0.6 is 0 Å². The summed E-state index contributed by atoms with van der Waals surface area (Å²) in [7, 11) is 1.59. The van der Waals surface area contributed by atoms with Crippen molar-refractivity contribution in [3.05, 3.63) is 11.3 Å². The van der Waals surface area contributed by atoms with E-state index in [1.54, 1.807) is 7.05 Å². The van der Waals surface area contributed by atoms with Crippen LogP contribution in [0.5, 0.6) is 0 Å². The molecule has 1 aliphatic rings. The van der Waals surface area contributed by atoms with E-state index in [2.05, 4.69) is 6.92 Å². The fourth-order valence-corrected chi connectivity index (χ4v) is 3.40. The minimum atomic E-state index is -0.336. The van der Waals surface area contributed by atoms with Crippen LogP contribution in [0.3, 0.4) is 0 Å². The molecular formula is C21H37NO3. The van der Waals surface area contributed by atoms with Gasteiger partial charge in [0, 0.05) is 13.5 Å². The van der Waals surface area contributed by atoms with Gasteiger partial charge in [0.25, 0.3) is 5.91 Å². The Bertz CT molecular complexity index is 442. The number of unbranched alkanes of at least 4 members (excludes halogenated alkanes) is 12. The molecule has 0 bridgehead atoms. The minimum absolute atomic E-state index is 0.0116. The van der Waals surface area contributed by atoms with Crippen molar-refractivity contribution >= 4 is 11.7 Å². The summed E-state index contributed by atoms with van der Waals surface area (Å²) in [6, 6.07) is 0. The van der Waals surface area contributed by atoms with Gasteiger partial charge in [-0.05, 0) is 6.42 Å². The van der Waals surface area contributed by atoms with Crippen LogP contribution in [-0.4, -0.2) is 35.3 Å². The molecule has 1 amide bonds. The highest BCUT2D eigenvalue weighted by Gasteiger charge is 2.33. The van der Waals surface area contributed by atoms with E-state index in [1.807, 2.05) is 0 Å². The highest BCUT2D eigenvalue weighted by atomic mass is 16.3. The van der Waals surface area contributed by atoms with Crippen molar-refractivity contribution in [2.45, 2.75) is 96.8 Å². The van der Waals surface area contributed by atoms with Gasteiger partial charge in [0.15, 0.2) is 5.78 Å². The first-order valence-electron chi connectivity index (χ1n) is 10.3. The molecule has 1 saturated heterocycles. The highest BCUT2D eigenvalue weighted by molar-refractivity contribution is 6.25. The van der Waals surface area contributed by atoms with Crippen LogP contribution in [0, 0.1) is 0 Å². The predicted molar refractivity (Wildman–Crippen MR) is 103 cm³/mol. The second-order valence-electron chi connectivity index (χ2n) is 7.40. The number of aliphatic hydroxyl groups excluding tert-OH is 1. The first kappa shape index (κ1) is 21.7. The van der Waals surface area contributed by atoms with Gasteiger partial charge < -0.3 is 10.0 Å². The quantitative estimate of drug-likeness (QED) is 0.199. The molecule has 144 valence electrons. The zero-order chi connectivity index (χ0) is 18.5. The molecule has 0 unspecified atom stereocenters. The Hall–Kier alpha value is -1.32. The van der Waals surface area contributed by atoms with Crippen LogP contribution in [0.2, 0.25) is 0 Å². The standard InChI is InChI=1S/C21H37NO3/c1-3-4-5-6-7-8-9-10-11-12-13-14-15-16-18(23)20-19(24)17-22(2)21(20)25/h23H,3-17H2,1-2H3. The second-order valence-corrected chi connectivity index (χ2v) is 7.40. The minimum Gasteiger partial charge on any atom is -0.511 e. The Morgan fingerprint density at radius 1 is 0.840 bits per heavy atom. The molecule has 1 heterocycles. The van der Waals surface area contributed by atoms with Gasteiger partial charge in [-0.1, -0.05) is 84.0 Å². The van der Waals surface area contributed by atoms with Crippen LogP contribution in [0.1, 0.15) is 96.8 Å². The van der Waals surface area contributed by atoms with Crippen LogP contribution < -0.4 is 0 Å². The molecule has 0 saturated carbocycles. The molecule has 0 radical (unpaired) electrons. The molecule has 1 aliphatic heterocycles. The summed E-state index contributed by atoms with van der Waals surface area (Å²) in [5.41, 5.74) is 0.0152. The Balaban J connectivity index is 1.97. The van der Waals surface area contributed by atoms with Crippen molar-refractivity contribution < 1.29 is 14.7 Å². The van der Waals surface area contributed by atoms with Gasteiger partial charge >= 0.3 is 0 Å². The zero-order valence-electron chi connectivity index (χ0n) is 16.3.